The molecule has 0 radical (unpaired) electrons. The number of amides is 2. The van der Waals surface area contributed by atoms with Crippen LogP contribution in [0, 0.1) is 5.92 Å². The zero-order valence-corrected chi connectivity index (χ0v) is 11.5. The molecule has 0 aromatic rings. The van der Waals surface area contributed by atoms with Crippen molar-refractivity contribution in [1.82, 2.24) is 10.6 Å². The van der Waals surface area contributed by atoms with Crippen LogP contribution in [0.5, 0.6) is 0 Å². The van der Waals surface area contributed by atoms with Crippen molar-refractivity contribution in [2.24, 2.45) is 11.7 Å². The monoisotopic (exact) mass is 243 g/mol. The summed E-state index contributed by atoms with van der Waals surface area (Å²) in [5.41, 5.74) is 5.48. The molecular weight excluding hydrogens is 218 g/mol. The minimum Gasteiger partial charge on any atom is -0.350 e. The van der Waals surface area contributed by atoms with E-state index in [0.717, 1.165) is 0 Å². The molecule has 0 bridgehead atoms. The minimum atomic E-state index is -0.282. The van der Waals surface area contributed by atoms with Crippen LogP contribution in [0.15, 0.2) is 0 Å². The van der Waals surface area contributed by atoms with Crippen molar-refractivity contribution >= 4 is 11.8 Å². The van der Waals surface area contributed by atoms with Crippen LogP contribution < -0.4 is 16.4 Å². The van der Waals surface area contributed by atoms with Crippen LogP contribution in [-0.4, -0.2) is 29.9 Å². The van der Waals surface area contributed by atoms with E-state index in [-0.39, 0.29) is 42.3 Å². The van der Waals surface area contributed by atoms with Crippen LogP contribution in [0.3, 0.4) is 0 Å². The predicted molar refractivity (Wildman–Crippen MR) is 68.3 cm³/mol. The lowest BCUT2D eigenvalue weighted by Crippen LogP contribution is -2.46. The van der Waals surface area contributed by atoms with Crippen LogP contribution in [0.2, 0.25) is 0 Å². The lowest BCUT2D eigenvalue weighted by Gasteiger charge is -2.21. The molecule has 0 rings (SSSR count). The summed E-state index contributed by atoms with van der Waals surface area (Å²) < 4.78 is 0. The van der Waals surface area contributed by atoms with Gasteiger partial charge in [-0.2, -0.15) is 0 Å². The summed E-state index contributed by atoms with van der Waals surface area (Å²) in [7, 11) is 0. The molecule has 0 fully saturated rings. The number of carbonyl (C=O) groups is 2. The van der Waals surface area contributed by atoms with Crippen molar-refractivity contribution in [2.75, 3.05) is 6.54 Å². The van der Waals surface area contributed by atoms with E-state index in [9.17, 15) is 9.59 Å². The molecule has 0 aliphatic heterocycles. The van der Waals surface area contributed by atoms with Crippen LogP contribution in [0.4, 0.5) is 0 Å². The minimum absolute atomic E-state index is 0.000911. The van der Waals surface area contributed by atoms with Gasteiger partial charge in [-0.3, -0.25) is 9.59 Å². The van der Waals surface area contributed by atoms with Gasteiger partial charge in [0.15, 0.2) is 0 Å². The van der Waals surface area contributed by atoms with E-state index < -0.39 is 0 Å². The molecule has 0 heterocycles. The Morgan fingerprint density at radius 1 is 1.18 bits per heavy atom. The van der Waals surface area contributed by atoms with Gasteiger partial charge in [-0.15, -0.1) is 0 Å². The fraction of sp³-hybridized carbons (Fsp3) is 0.833. The van der Waals surface area contributed by atoms with E-state index in [1.165, 1.54) is 0 Å². The van der Waals surface area contributed by atoms with Crippen LogP contribution in [0.1, 0.15) is 41.0 Å². The molecule has 1 unspecified atom stereocenters. The Morgan fingerprint density at radius 2 is 1.71 bits per heavy atom. The highest BCUT2D eigenvalue weighted by Crippen LogP contribution is 2.02. The molecule has 0 spiro atoms. The molecule has 0 aliphatic carbocycles. The Balaban J connectivity index is 3.89. The lowest BCUT2D eigenvalue weighted by atomic mass is 10.0. The van der Waals surface area contributed by atoms with E-state index in [0.29, 0.717) is 0 Å². The smallest absolute Gasteiger partial charge is 0.239 e. The van der Waals surface area contributed by atoms with E-state index in [2.05, 4.69) is 10.6 Å². The first kappa shape index (κ1) is 15.9. The standard InChI is InChI=1S/C12H25N3O2/c1-8(2)9(13)6-10(16)14-7-11(17)15-12(3,4)5/h8-9H,6-7,13H2,1-5H3,(H,14,16)(H,15,17). The molecular formula is C12H25N3O2. The van der Waals surface area contributed by atoms with E-state index in [4.69, 9.17) is 5.73 Å². The van der Waals surface area contributed by atoms with Gasteiger partial charge >= 0.3 is 0 Å². The molecule has 5 heteroatoms. The third kappa shape index (κ3) is 8.68. The Morgan fingerprint density at radius 3 is 2.12 bits per heavy atom. The summed E-state index contributed by atoms with van der Waals surface area (Å²) in [6.45, 7) is 9.60. The van der Waals surface area contributed by atoms with Gasteiger partial charge in [0.1, 0.15) is 0 Å². The highest BCUT2D eigenvalue weighted by atomic mass is 16.2. The normalized spacial score (nSPS) is 13.4. The maximum atomic E-state index is 11.5. The second-order valence-electron chi connectivity index (χ2n) is 5.69. The van der Waals surface area contributed by atoms with Crippen molar-refractivity contribution in [2.45, 2.75) is 52.6 Å². The van der Waals surface area contributed by atoms with Gasteiger partial charge in [0.05, 0.1) is 6.54 Å². The number of rotatable bonds is 5. The molecule has 4 N–H and O–H groups in total. The fourth-order valence-corrected chi connectivity index (χ4v) is 1.16. The Hall–Kier alpha value is -1.10. The first-order valence-corrected chi connectivity index (χ1v) is 5.95. The zero-order valence-electron chi connectivity index (χ0n) is 11.5. The largest absolute Gasteiger partial charge is 0.350 e. The van der Waals surface area contributed by atoms with E-state index >= 15 is 0 Å². The van der Waals surface area contributed by atoms with Crippen molar-refractivity contribution in [3.63, 3.8) is 0 Å². The summed E-state index contributed by atoms with van der Waals surface area (Å²) in [6, 6.07) is -0.166. The average molecular weight is 243 g/mol. The van der Waals surface area contributed by atoms with Crippen molar-refractivity contribution in [3.8, 4) is 0 Å². The molecule has 2 amide bonds. The maximum Gasteiger partial charge on any atom is 0.239 e. The molecule has 1 atom stereocenters. The van der Waals surface area contributed by atoms with E-state index in [1.807, 2.05) is 34.6 Å². The number of nitrogens with two attached hydrogens (primary N) is 1. The third-order valence-electron chi connectivity index (χ3n) is 2.24. The Labute approximate surface area is 104 Å². The first-order valence-electron chi connectivity index (χ1n) is 5.95. The summed E-state index contributed by atoms with van der Waals surface area (Å²) >= 11 is 0. The van der Waals surface area contributed by atoms with Gasteiger partial charge in [0.25, 0.3) is 0 Å². The van der Waals surface area contributed by atoms with Crippen LogP contribution in [0.25, 0.3) is 0 Å². The fourth-order valence-electron chi connectivity index (χ4n) is 1.16. The van der Waals surface area contributed by atoms with Crippen LogP contribution in [-0.2, 0) is 9.59 Å². The molecule has 5 nitrogen and oxygen atoms in total. The molecule has 100 valence electrons. The van der Waals surface area contributed by atoms with Gasteiger partial charge in [0, 0.05) is 18.0 Å². The second-order valence-corrected chi connectivity index (χ2v) is 5.69. The molecule has 0 aromatic carbocycles. The third-order valence-corrected chi connectivity index (χ3v) is 2.24. The average Bonchev–Trinajstić information content (AvgIpc) is 2.11. The van der Waals surface area contributed by atoms with E-state index in [1.54, 1.807) is 0 Å². The summed E-state index contributed by atoms with van der Waals surface area (Å²) in [5.74, 6) is -0.122. The molecule has 17 heavy (non-hydrogen) atoms. The van der Waals surface area contributed by atoms with Gasteiger partial charge in [-0.1, -0.05) is 13.8 Å². The number of hydrogen-bond acceptors (Lipinski definition) is 3. The summed E-state index contributed by atoms with van der Waals surface area (Å²) in [4.78, 5) is 22.9. The highest BCUT2D eigenvalue weighted by Gasteiger charge is 2.16. The lowest BCUT2D eigenvalue weighted by molar-refractivity contribution is -0.127. The molecule has 0 aliphatic rings. The Kier molecular flexibility index (Phi) is 6.16. The van der Waals surface area contributed by atoms with Gasteiger partial charge in [-0.25, -0.2) is 0 Å². The summed E-state index contributed by atoms with van der Waals surface area (Å²) in [6.07, 6.45) is 0.250. The molecule has 0 saturated carbocycles. The Bertz CT molecular complexity index is 269. The van der Waals surface area contributed by atoms with Crippen molar-refractivity contribution < 1.29 is 9.59 Å². The number of nitrogens with one attached hydrogen (secondary N) is 2. The first-order chi connectivity index (χ1) is 7.61. The maximum absolute atomic E-state index is 11.5. The number of carbonyl (C=O) groups excluding carboxylic acids is 2. The SMILES string of the molecule is CC(C)C(N)CC(=O)NCC(=O)NC(C)(C)C. The second kappa shape index (κ2) is 6.59. The zero-order chi connectivity index (χ0) is 13.6. The highest BCUT2D eigenvalue weighted by molar-refractivity contribution is 5.85. The summed E-state index contributed by atoms with van der Waals surface area (Å²) in [5, 5.41) is 5.33. The van der Waals surface area contributed by atoms with Crippen LogP contribution >= 0.6 is 0 Å². The predicted octanol–water partition coefficient (Wildman–Crippen LogP) is 0.391. The van der Waals surface area contributed by atoms with Crippen molar-refractivity contribution in [3.05, 3.63) is 0 Å². The van der Waals surface area contributed by atoms with Crippen molar-refractivity contribution in [1.29, 1.82) is 0 Å². The molecule has 0 aromatic heterocycles. The number of hydrogen-bond donors (Lipinski definition) is 3. The quantitative estimate of drug-likeness (QED) is 0.653. The topological polar surface area (TPSA) is 84.2 Å². The van der Waals surface area contributed by atoms with Gasteiger partial charge in [0.2, 0.25) is 11.8 Å². The van der Waals surface area contributed by atoms with Gasteiger partial charge < -0.3 is 16.4 Å². The molecule has 0 saturated heterocycles. The van der Waals surface area contributed by atoms with Gasteiger partial charge in [-0.05, 0) is 26.7 Å².